The fraction of sp³-hybridized carbons (Fsp3) is 1.00. The minimum atomic E-state index is 0.900. The van der Waals surface area contributed by atoms with Gasteiger partial charge in [-0.1, -0.05) is 22.4 Å². The molecule has 0 N–H and O–H groups in total. The molecule has 0 heterocycles. The molecule has 14 heavy (non-hydrogen) atoms. The van der Waals surface area contributed by atoms with Crippen molar-refractivity contribution in [2.24, 2.45) is 0 Å². The van der Waals surface area contributed by atoms with Crippen LogP contribution in [0, 0.1) is 0 Å². The van der Waals surface area contributed by atoms with Crippen molar-refractivity contribution in [3.05, 3.63) is 0 Å². The number of nitrogens with zero attached hydrogens (tertiary/aromatic N) is 1. The van der Waals surface area contributed by atoms with Crippen LogP contribution < -0.4 is 0 Å². The van der Waals surface area contributed by atoms with E-state index in [1.54, 1.807) is 7.11 Å². The van der Waals surface area contributed by atoms with E-state index in [9.17, 15) is 0 Å². The number of rotatable bonds is 10. The zero-order valence-corrected chi connectivity index (χ0v) is 11.2. The van der Waals surface area contributed by atoms with Crippen LogP contribution in [0.4, 0.5) is 0 Å². The molecule has 3 heteroatoms. The number of ether oxygens (including phenoxy) is 1. The van der Waals surface area contributed by atoms with Crippen molar-refractivity contribution in [1.82, 2.24) is 4.90 Å². The van der Waals surface area contributed by atoms with E-state index in [2.05, 4.69) is 27.9 Å². The van der Waals surface area contributed by atoms with Gasteiger partial charge in [-0.25, -0.2) is 0 Å². The van der Waals surface area contributed by atoms with Crippen LogP contribution in [0.3, 0.4) is 0 Å². The maximum atomic E-state index is 5.01. The van der Waals surface area contributed by atoms with E-state index in [1.165, 1.54) is 45.2 Å². The van der Waals surface area contributed by atoms with Gasteiger partial charge < -0.3 is 9.64 Å². The number of methoxy groups -OCH3 is 1. The summed E-state index contributed by atoms with van der Waals surface area (Å²) in [5.41, 5.74) is 0. The monoisotopic (exact) mass is 265 g/mol. The first kappa shape index (κ1) is 14.4. The third-order valence-electron chi connectivity index (χ3n) is 2.31. The molecule has 0 aliphatic heterocycles. The van der Waals surface area contributed by atoms with E-state index < -0.39 is 0 Å². The molecule has 86 valence electrons. The SMILES string of the molecule is COCCCCN(C)CCCCCBr. The summed E-state index contributed by atoms with van der Waals surface area (Å²) in [5.74, 6) is 0. The van der Waals surface area contributed by atoms with Gasteiger partial charge in [-0.2, -0.15) is 0 Å². The van der Waals surface area contributed by atoms with Gasteiger partial charge in [-0.3, -0.25) is 0 Å². The van der Waals surface area contributed by atoms with Gasteiger partial charge in [0.25, 0.3) is 0 Å². The first-order valence-corrected chi connectivity index (χ1v) is 6.67. The molecule has 0 aromatic carbocycles. The van der Waals surface area contributed by atoms with Crippen LogP contribution in [0.15, 0.2) is 0 Å². The Morgan fingerprint density at radius 3 is 2.21 bits per heavy atom. The molecule has 0 saturated heterocycles. The average Bonchev–Trinajstić information content (AvgIpc) is 2.19. The Bertz CT molecular complexity index is 99.5. The number of hydrogen-bond acceptors (Lipinski definition) is 2. The van der Waals surface area contributed by atoms with Crippen LogP contribution in [0.25, 0.3) is 0 Å². The molecule has 0 rings (SSSR count). The van der Waals surface area contributed by atoms with Gasteiger partial charge in [0.15, 0.2) is 0 Å². The van der Waals surface area contributed by atoms with E-state index in [1.807, 2.05) is 0 Å². The van der Waals surface area contributed by atoms with Crippen molar-refractivity contribution in [2.75, 3.05) is 39.2 Å². The smallest absolute Gasteiger partial charge is 0.0462 e. The second-order valence-electron chi connectivity index (χ2n) is 3.75. The fourth-order valence-corrected chi connectivity index (χ4v) is 1.79. The lowest BCUT2D eigenvalue weighted by Gasteiger charge is -2.15. The van der Waals surface area contributed by atoms with Gasteiger partial charge in [-0.15, -0.1) is 0 Å². The molecule has 0 fully saturated rings. The highest BCUT2D eigenvalue weighted by Crippen LogP contribution is 2.01. The summed E-state index contributed by atoms with van der Waals surface area (Å²) in [6, 6.07) is 0. The molecule has 0 aromatic rings. The third kappa shape index (κ3) is 10.5. The maximum absolute atomic E-state index is 5.01. The van der Waals surface area contributed by atoms with Crippen molar-refractivity contribution >= 4 is 15.9 Å². The third-order valence-corrected chi connectivity index (χ3v) is 2.87. The van der Waals surface area contributed by atoms with Crippen molar-refractivity contribution < 1.29 is 4.74 Å². The van der Waals surface area contributed by atoms with Crippen molar-refractivity contribution in [3.63, 3.8) is 0 Å². The highest BCUT2D eigenvalue weighted by Gasteiger charge is 1.97. The predicted molar refractivity (Wildman–Crippen MR) is 66.3 cm³/mol. The van der Waals surface area contributed by atoms with Crippen LogP contribution in [-0.2, 0) is 4.74 Å². The molecule has 0 spiro atoms. The number of halogens is 1. The van der Waals surface area contributed by atoms with Gasteiger partial charge in [0, 0.05) is 19.0 Å². The zero-order chi connectivity index (χ0) is 10.6. The Kier molecular flexibility index (Phi) is 11.8. The Balaban J connectivity index is 3.07. The summed E-state index contributed by atoms with van der Waals surface area (Å²) in [4.78, 5) is 2.42. The summed E-state index contributed by atoms with van der Waals surface area (Å²) in [6.07, 6.45) is 6.41. The molecular formula is C11H24BrNO. The quantitative estimate of drug-likeness (QED) is 0.445. The van der Waals surface area contributed by atoms with E-state index >= 15 is 0 Å². The van der Waals surface area contributed by atoms with Crippen LogP contribution in [-0.4, -0.2) is 44.1 Å². The van der Waals surface area contributed by atoms with Gasteiger partial charge >= 0.3 is 0 Å². The molecule has 2 nitrogen and oxygen atoms in total. The maximum Gasteiger partial charge on any atom is 0.0462 e. The standard InChI is InChI=1S/C11H24BrNO/c1-13(9-5-3-4-8-12)10-6-7-11-14-2/h3-11H2,1-2H3. The molecule has 0 atom stereocenters. The van der Waals surface area contributed by atoms with Gasteiger partial charge in [-0.05, 0) is 45.8 Å². The topological polar surface area (TPSA) is 12.5 Å². The van der Waals surface area contributed by atoms with E-state index in [0.717, 1.165) is 11.9 Å². The number of unbranched alkanes of at least 4 members (excludes halogenated alkanes) is 3. The fourth-order valence-electron chi connectivity index (χ4n) is 1.39. The summed E-state index contributed by atoms with van der Waals surface area (Å²) in [6.45, 7) is 3.34. The van der Waals surface area contributed by atoms with E-state index in [4.69, 9.17) is 4.74 Å². The molecule has 0 radical (unpaired) electrons. The average molecular weight is 266 g/mol. The highest BCUT2D eigenvalue weighted by atomic mass is 79.9. The van der Waals surface area contributed by atoms with Crippen molar-refractivity contribution in [2.45, 2.75) is 32.1 Å². The van der Waals surface area contributed by atoms with Crippen molar-refractivity contribution in [1.29, 1.82) is 0 Å². The summed E-state index contributed by atoms with van der Waals surface area (Å²) in [7, 11) is 3.98. The molecule has 0 amide bonds. The summed E-state index contributed by atoms with van der Waals surface area (Å²) >= 11 is 3.45. The van der Waals surface area contributed by atoms with E-state index in [0.29, 0.717) is 0 Å². The van der Waals surface area contributed by atoms with Crippen LogP contribution in [0.2, 0.25) is 0 Å². The molecule has 0 aromatic heterocycles. The largest absolute Gasteiger partial charge is 0.385 e. The van der Waals surface area contributed by atoms with E-state index in [-0.39, 0.29) is 0 Å². The molecule has 0 bridgehead atoms. The lowest BCUT2D eigenvalue weighted by molar-refractivity contribution is 0.187. The minimum absolute atomic E-state index is 0.900. The van der Waals surface area contributed by atoms with Gasteiger partial charge in [0.1, 0.15) is 0 Å². The lowest BCUT2D eigenvalue weighted by atomic mass is 10.2. The summed E-state index contributed by atoms with van der Waals surface area (Å²) in [5, 5.41) is 1.14. The first-order valence-electron chi connectivity index (χ1n) is 5.54. The highest BCUT2D eigenvalue weighted by molar-refractivity contribution is 9.09. The first-order chi connectivity index (χ1) is 6.81. The Morgan fingerprint density at radius 1 is 1.00 bits per heavy atom. The normalized spacial score (nSPS) is 11.1. The Hall–Kier alpha value is 0.400. The van der Waals surface area contributed by atoms with Crippen LogP contribution >= 0.6 is 15.9 Å². The number of hydrogen-bond donors (Lipinski definition) is 0. The Morgan fingerprint density at radius 2 is 1.64 bits per heavy atom. The second-order valence-corrected chi connectivity index (χ2v) is 4.55. The molecule has 0 aliphatic carbocycles. The van der Waals surface area contributed by atoms with Crippen LogP contribution in [0.5, 0.6) is 0 Å². The van der Waals surface area contributed by atoms with Gasteiger partial charge in [0.2, 0.25) is 0 Å². The summed E-state index contributed by atoms with van der Waals surface area (Å²) < 4.78 is 5.01. The van der Waals surface area contributed by atoms with Crippen LogP contribution in [0.1, 0.15) is 32.1 Å². The zero-order valence-electron chi connectivity index (χ0n) is 9.60. The predicted octanol–water partition coefficient (Wildman–Crippen LogP) is 2.91. The molecular weight excluding hydrogens is 242 g/mol. The number of alkyl halides is 1. The second kappa shape index (κ2) is 11.5. The van der Waals surface area contributed by atoms with Gasteiger partial charge in [0.05, 0.1) is 0 Å². The minimum Gasteiger partial charge on any atom is -0.385 e. The van der Waals surface area contributed by atoms with Crippen molar-refractivity contribution in [3.8, 4) is 0 Å². The molecule has 0 unspecified atom stereocenters. The Labute approximate surface area is 97.1 Å². The molecule has 0 saturated carbocycles. The lowest BCUT2D eigenvalue weighted by Crippen LogP contribution is -2.21. The molecule has 0 aliphatic rings.